The number of hydrogen-bond donors (Lipinski definition) is 0. The van der Waals surface area contributed by atoms with Crippen LogP contribution in [0.3, 0.4) is 0 Å². The van der Waals surface area contributed by atoms with Gasteiger partial charge in [-0.15, -0.1) is 0 Å². The molecule has 2 nitrogen and oxygen atoms in total. The topological polar surface area (TPSA) is 6.48 Å². The minimum atomic E-state index is -0.111. The van der Waals surface area contributed by atoms with Gasteiger partial charge in [-0.2, -0.15) is 0 Å². The fourth-order valence-electron chi connectivity index (χ4n) is 10.6. The SMILES string of the molecule is CC(C)(C)c1cccc(N2c3cc(C(C)(C)C)ccc3B3c4cc5c(cc4N(c4ccc(C(C)(C)C)cc4-c4ccccc4)c4cc(C(C)(C)C)cc2c43)C(C)(C)CCC5(C)C)c1. The maximum Gasteiger partial charge on any atom is 0.252 e. The van der Waals surface area contributed by atoms with Crippen LogP contribution in [0.1, 0.15) is 157 Å². The van der Waals surface area contributed by atoms with Crippen LogP contribution in [0.2, 0.25) is 0 Å². The Hall–Kier alpha value is -5.02. The molecule has 3 aliphatic rings. The Morgan fingerprint density at radius 2 is 0.921 bits per heavy atom. The van der Waals surface area contributed by atoms with E-state index in [9.17, 15) is 0 Å². The summed E-state index contributed by atoms with van der Waals surface area (Å²) in [4.78, 5) is 5.34. The van der Waals surface area contributed by atoms with Gasteiger partial charge in [0, 0.05) is 34.0 Å². The van der Waals surface area contributed by atoms with E-state index in [1.807, 2.05) is 0 Å². The van der Waals surface area contributed by atoms with E-state index < -0.39 is 0 Å². The molecule has 9 rings (SSSR count). The van der Waals surface area contributed by atoms with Crippen LogP contribution >= 0.6 is 0 Å². The highest BCUT2D eigenvalue weighted by atomic mass is 15.2. The minimum Gasteiger partial charge on any atom is -0.311 e. The van der Waals surface area contributed by atoms with Crippen LogP contribution in [0.4, 0.5) is 34.1 Å². The third kappa shape index (κ3) is 7.27. The molecular formula is C60H71BN2. The van der Waals surface area contributed by atoms with Crippen LogP contribution in [0, 0.1) is 0 Å². The normalized spacial score (nSPS) is 16.6. The molecule has 2 heterocycles. The van der Waals surface area contributed by atoms with Gasteiger partial charge in [0.1, 0.15) is 0 Å². The summed E-state index contributed by atoms with van der Waals surface area (Å²) in [5, 5.41) is 0. The zero-order valence-electron chi connectivity index (χ0n) is 41.4. The molecule has 63 heavy (non-hydrogen) atoms. The van der Waals surface area contributed by atoms with Crippen LogP contribution in [-0.2, 0) is 32.5 Å². The second-order valence-electron chi connectivity index (χ2n) is 24.7. The summed E-state index contributed by atoms with van der Waals surface area (Å²) in [6, 6.07) is 45.7. The van der Waals surface area contributed by atoms with Crippen molar-refractivity contribution >= 4 is 57.2 Å². The average molecular weight is 831 g/mol. The van der Waals surface area contributed by atoms with Crippen molar-refractivity contribution in [1.29, 1.82) is 0 Å². The van der Waals surface area contributed by atoms with Gasteiger partial charge in [-0.05, 0) is 149 Å². The number of hydrogen-bond acceptors (Lipinski definition) is 2. The van der Waals surface area contributed by atoms with Gasteiger partial charge in [0.05, 0.1) is 5.69 Å². The summed E-state index contributed by atoms with van der Waals surface area (Å²) >= 11 is 0. The quantitative estimate of drug-likeness (QED) is 0.164. The van der Waals surface area contributed by atoms with Gasteiger partial charge < -0.3 is 9.80 Å². The van der Waals surface area contributed by atoms with Crippen molar-refractivity contribution in [3.8, 4) is 11.1 Å². The molecule has 2 aliphatic heterocycles. The standard InChI is InChI=1S/C60H71BN2/c1-55(2,3)39-23-20-24-43(31-39)62-50-33-41(57(7,8)9)25-27-47(50)61-48-36-45-46(60(15,16)30-29-59(45,13)14)37-51(48)63(53-35-42(58(10,11)12)34-52(62)54(53)61)49-28-26-40(56(4,5)6)32-44(49)38-21-18-17-19-22-38/h17-28,31-37H,29-30H2,1-16H3. The summed E-state index contributed by atoms with van der Waals surface area (Å²) in [6.07, 6.45) is 2.34. The van der Waals surface area contributed by atoms with Gasteiger partial charge in [0.2, 0.25) is 0 Å². The predicted octanol–water partition coefficient (Wildman–Crippen LogP) is 15.0. The van der Waals surface area contributed by atoms with Gasteiger partial charge in [-0.25, -0.2) is 0 Å². The first-order valence-electron chi connectivity index (χ1n) is 23.7. The van der Waals surface area contributed by atoms with Crippen LogP contribution < -0.4 is 26.2 Å². The Kier molecular flexibility index (Phi) is 9.78. The molecule has 0 atom stereocenters. The molecule has 0 radical (unpaired) electrons. The van der Waals surface area contributed by atoms with E-state index in [0.717, 1.165) is 0 Å². The Balaban J connectivity index is 1.47. The molecule has 0 saturated heterocycles. The Morgan fingerprint density at radius 3 is 1.52 bits per heavy atom. The van der Waals surface area contributed by atoms with Crippen molar-refractivity contribution in [2.45, 2.75) is 156 Å². The minimum absolute atomic E-state index is 0.000423. The lowest BCUT2D eigenvalue weighted by Gasteiger charge is -2.48. The summed E-state index contributed by atoms with van der Waals surface area (Å²) in [7, 11) is 0. The van der Waals surface area contributed by atoms with E-state index in [4.69, 9.17) is 0 Å². The molecule has 3 heteroatoms. The van der Waals surface area contributed by atoms with E-state index in [0.29, 0.717) is 0 Å². The summed E-state index contributed by atoms with van der Waals surface area (Å²) in [5.41, 5.74) is 22.6. The van der Waals surface area contributed by atoms with Crippen LogP contribution in [0.15, 0.2) is 115 Å². The average Bonchev–Trinajstić information content (AvgIpc) is 3.20. The van der Waals surface area contributed by atoms with Gasteiger partial charge >= 0.3 is 0 Å². The van der Waals surface area contributed by atoms with Crippen LogP contribution in [0.25, 0.3) is 11.1 Å². The molecule has 0 fully saturated rings. The largest absolute Gasteiger partial charge is 0.311 e. The fourth-order valence-corrected chi connectivity index (χ4v) is 10.6. The van der Waals surface area contributed by atoms with E-state index >= 15 is 0 Å². The lowest BCUT2D eigenvalue weighted by molar-refractivity contribution is 0.332. The van der Waals surface area contributed by atoms with E-state index in [1.54, 1.807) is 0 Å². The molecule has 0 spiro atoms. The van der Waals surface area contributed by atoms with E-state index in [-0.39, 0.29) is 39.2 Å². The Labute approximate surface area is 381 Å². The molecule has 6 aromatic carbocycles. The lowest BCUT2D eigenvalue weighted by atomic mass is 9.33. The number of rotatable bonds is 3. The first-order chi connectivity index (χ1) is 29.3. The molecule has 0 bridgehead atoms. The number of anilines is 6. The van der Waals surface area contributed by atoms with Gasteiger partial charge in [-0.1, -0.05) is 178 Å². The van der Waals surface area contributed by atoms with Crippen molar-refractivity contribution in [3.05, 3.63) is 149 Å². The summed E-state index contributed by atoms with van der Waals surface area (Å²) in [5.74, 6) is 0. The Morgan fingerprint density at radius 1 is 0.413 bits per heavy atom. The fraction of sp³-hybridized carbons (Fsp3) is 0.400. The highest BCUT2D eigenvalue weighted by Gasteiger charge is 2.47. The van der Waals surface area contributed by atoms with Crippen molar-refractivity contribution < 1.29 is 0 Å². The highest BCUT2D eigenvalue weighted by Crippen LogP contribution is 2.53. The van der Waals surface area contributed by atoms with Crippen molar-refractivity contribution in [2.75, 3.05) is 9.80 Å². The Bertz CT molecular complexity index is 2780. The van der Waals surface area contributed by atoms with Crippen molar-refractivity contribution in [2.24, 2.45) is 0 Å². The predicted molar refractivity (Wildman–Crippen MR) is 276 cm³/mol. The lowest BCUT2D eigenvalue weighted by Crippen LogP contribution is -2.62. The summed E-state index contributed by atoms with van der Waals surface area (Å²) < 4.78 is 0. The summed E-state index contributed by atoms with van der Waals surface area (Å²) in [6.45, 7) is 38.2. The molecule has 1 aliphatic carbocycles. The molecule has 0 amide bonds. The third-order valence-corrected chi connectivity index (χ3v) is 14.9. The maximum atomic E-state index is 2.70. The molecule has 0 saturated carbocycles. The highest BCUT2D eigenvalue weighted by molar-refractivity contribution is 7.00. The van der Waals surface area contributed by atoms with Crippen LogP contribution in [0.5, 0.6) is 0 Å². The molecule has 324 valence electrons. The van der Waals surface area contributed by atoms with E-state index in [2.05, 4.69) is 236 Å². The second-order valence-corrected chi connectivity index (χ2v) is 24.7. The zero-order valence-corrected chi connectivity index (χ0v) is 41.4. The van der Waals surface area contributed by atoms with Crippen LogP contribution in [-0.4, -0.2) is 6.71 Å². The van der Waals surface area contributed by atoms with Crippen molar-refractivity contribution in [3.63, 3.8) is 0 Å². The van der Waals surface area contributed by atoms with E-state index in [1.165, 1.54) is 108 Å². The molecule has 0 aromatic heterocycles. The monoisotopic (exact) mass is 831 g/mol. The van der Waals surface area contributed by atoms with Gasteiger partial charge in [-0.3, -0.25) is 0 Å². The number of benzene rings is 6. The first kappa shape index (κ1) is 43.2. The molecule has 6 aromatic rings. The first-order valence-corrected chi connectivity index (χ1v) is 23.7. The second kappa shape index (κ2) is 14.2. The molecular weight excluding hydrogens is 759 g/mol. The number of nitrogens with zero attached hydrogens (tertiary/aromatic N) is 2. The maximum absolute atomic E-state index is 2.70. The zero-order chi connectivity index (χ0) is 45.4. The smallest absolute Gasteiger partial charge is 0.252 e. The molecule has 0 N–H and O–H groups in total. The van der Waals surface area contributed by atoms with Gasteiger partial charge in [0.25, 0.3) is 6.71 Å². The van der Waals surface area contributed by atoms with Gasteiger partial charge in [0.15, 0.2) is 0 Å². The third-order valence-electron chi connectivity index (χ3n) is 14.9. The van der Waals surface area contributed by atoms with Crippen molar-refractivity contribution in [1.82, 2.24) is 0 Å². The molecule has 0 unspecified atom stereocenters. The number of fused-ring (bicyclic) bond motifs is 5.